The SMILES string of the molecule is COC1(OC)NCC[Si]1C1CC(C)(C)NC(C)(C)C1. The molecule has 2 aliphatic heterocycles. The molecule has 0 aromatic rings. The first-order valence-electron chi connectivity index (χ1n) is 7.24. The van der Waals surface area contributed by atoms with Gasteiger partial charge in [0.15, 0.2) is 8.80 Å². The Morgan fingerprint density at radius 2 is 1.53 bits per heavy atom. The first-order valence-corrected chi connectivity index (χ1v) is 9.03. The van der Waals surface area contributed by atoms with Crippen LogP contribution < -0.4 is 10.6 Å². The number of methoxy groups -OCH3 is 2. The van der Waals surface area contributed by atoms with Crippen LogP contribution in [0.3, 0.4) is 0 Å². The molecule has 0 bridgehead atoms. The van der Waals surface area contributed by atoms with Crippen molar-refractivity contribution in [1.29, 1.82) is 0 Å². The maximum atomic E-state index is 5.74. The van der Waals surface area contributed by atoms with Gasteiger partial charge in [0.1, 0.15) is 0 Å². The van der Waals surface area contributed by atoms with Gasteiger partial charge in [0.25, 0.3) is 0 Å². The number of hydrogen-bond donors (Lipinski definition) is 2. The molecule has 111 valence electrons. The summed E-state index contributed by atoms with van der Waals surface area (Å²) < 4.78 is 11.5. The van der Waals surface area contributed by atoms with Gasteiger partial charge >= 0.3 is 0 Å². The zero-order valence-corrected chi connectivity index (χ0v) is 14.2. The molecule has 1 radical (unpaired) electrons. The van der Waals surface area contributed by atoms with Crippen molar-refractivity contribution in [2.45, 2.75) is 68.7 Å². The van der Waals surface area contributed by atoms with Crippen molar-refractivity contribution in [3.63, 3.8) is 0 Å². The zero-order chi connectivity index (χ0) is 14.3. The minimum atomic E-state index is -0.748. The highest BCUT2D eigenvalue weighted by Crippen LogP contribution is 2.43. The van der Waals surface area contributed by atoms with Crippen LogP contribution in [0.1, 0.15) is 40.5 Å². The molecule has 2 N–H and O–H groups in total. The quantitative estimate of drug-likeness (QED) is 0.614. The average Bonchev–Trinajstić information content (AvgIpc) is 2.69. The molecule has 0 atom stereocenters. The van der Waals surface area contributed by atoms with E-state index in [1.165, 1.54) is 18.9 Å². The van der Waals surface area contributed by atoms with Crippen molar-refractivity contribution in [3.8, 4) is 0 Å². The molecule has 0 aromatic carbocycles. The number of nitrogens with one attached hydrogen (secondary N) is 2. The van der Waals surface area contributed by atoms with Crippen molar-refractivity contribution < 1.29 is 9.47 Å². The van der Waals surface area contributed by atoms with E-state index < -0.39 is 14.3 Å². The summed E-state index contributed by atoms with van der Waals surface area (Å²) in [5, 5.41) is 7.22. The van der Waals surface area contributed by atoms with Gasteiger partial charge < -0.3 is 14.8 Å². The van der Waals surface area contributed by atoms with E-state index in [1.807, 2.05) is 0 Å². The predicted octanol–water partition coefficient (Wildman–Crippen LogP) is 1.88. The van der Waals surface area contributed by atoms with Crippen molar-refractivity contribution in [3.05, 3.63) is 0 Å². The second-order valence-electron chi connectivity index (χ2n) is 7.22. The minimum Gasteiger partial charge on any atom is -0.345 e. The third kappa shape index (κ3) is 3.05. The van der Waals surface area contributed by atoms with E-state index in [2.05, 4.69) is 38.3 Å². The standard InChI is InChI=1S/C14H29N2O2Si/c1-12(2)9-11(10-13(3,4)16-12)19-8-7-15-14(19,17-5)18-6/h11,15-16H,7-10H2,1-6H3. The summed E-state index contributed by atoms with van der Waals surface area (Å²) in [5.41, 5.74) is 0.615. The van der Waals surface area contributed by atoms with Gasteiger partial charge in [-0.25, -0.2) is 0 Å². The Morgan fingerprint density at radius 1 is 1.00 bits per heavy atom. The van der Waals surface area contributed by atoms with Crippen LogP contribution in [0.15, 0.2) is 0 Å². The molecule has 4 nitrogen and oxygen atoms in total. The third-order valence-corrected chi connectivity index (χ3v) is 8.05. The van der Waals surface area contributed by atoms with Gasteiger partial charge in [-0.3, -0.25) is 5.32 Å². The lowest BCUT2D eigenvalue weighted by atomic mass is 9.82. The molecule has 2 heterocycles. The highest BCUT2D eigenvalue weighted by Gasteiger charge is 2.52. The fourth-order valence-corrected chi connectivity index (χ4v) is 8.23. The second kappa shape index (κ2) is 5.11. The Kier molecular flexibility index (Phi) is 4.16. The van der Waals surface area contributed by atoms with Gasteiger partial charge in [-0.1, -0.05) is 0 Å². The number of rotatable bonds is 3. The van der Waals surface area contributed by atoms with Gasteiger partial charge in [-0.2, -0.15) is 0 Å². The summed E-state index contributed by atoms with van der Waals surface area (Å²) in [7, 11) is 2.79. The molecular weight excluding hydrogens is 256 g/mol. The van der Waals surface area contributed by atoms with E-state index in [0.717, 1.165) is 6.54 Å². The molecule has 2 rings (SSSR count). The molecule has 0 unspecified atom stereocenters. The number of ether oxygens (including phenoxy) is 2. The van der Waals surface area contributed by atoms with E-state index in [1.54, 1.807) is 14.2 Å². The molecule has 19 heavy (non-hydrogen) atoms. The molecule has 2 fully saturated rings. The van der Waals surface area contributed by atoms with Crippen LogP contribution in [0.5, 0.6) is 0 Å². The number of hydrogen-bond acceptors (Lipinski definition) is 4. The van der Waals surface area contributed by atoms with Crippen LogP contribution in [-0.4, -0.2) is 46.2 Å². The second-order valence-corrected chi connectivity index (χ2v) is 10.3. The summed E-state index contributed by atoms with van der Waals surface area (Å²) in [5.74, 6) is 0. The fraction of sp³-hybridized carbons (Fsp3) is 1.00. The lowest BCUT2D eigenvalue weighted by Gasteiger charge is -2.49. The summed E-state index contributed by atoms with van der Waals surface area (Å²) in [6.07, 6.45) is 2.42. The fourth-order valence-electron chi connectivity index (χ4n) is 4.17. The summed E-state index contributed by atoms with van der Waals surface area (Å²) in [6, 6.07) is 1.23. The zero-order valence-electron chi connectivity index (χ0n) is 13.2. The Hall–Kier alpha value is 0.0569. The maximum absolute atomic E-state index is 5.74. The molecule has 0 aliphatic carbocycles. The van der Waals surface area contributed by atoms with E-state index in [-0.39, 0.29) is 11.1 Å². The monoisotopic (exact) mass is 285 g/mol. The van der Waals surface area contributed by atoms with Gasteiger partial charge in [-0.05, 0) is 58.7 Å². The predicted molar refractivity (Wildman–Crippen MR) is 79.6 cm³/mol. The third-order valence-electron chi connectivity index (χ3n) is 4.43. The van der Waals surface area contributed by atoms with Crippen LogP contribution >= 0.6 is 0 Å². The summed E-state index contributed by atoms with van der Waals surface area (Å²) >= 11 is 0. The number of piperidine rings is 1. The topological polar surface area (TPSA) is 42.5 Å². The van der Waals surface area contributed by atoms with Crippen LogP contribution in [-0.2, 0) is 9.47 Å². The van der Waals surface area contributed by atoms with E-state index in [0.29, 0.717) is 5.54 Å². The van der Waals surface area contributed by atoms with Gasteiger partial charge in [-0.15, -0.1) is 0 Å². The summed E-state index contributed by atoms with van der Waals surface area (Å²) in [4.78, 5) is 0. The smallest absolute Gasteiger partial charge is 0.202 e. The van der Waals surface area contributed by atoms with Gasteiger partial charge in [0.2, 0.25) is 5.53 Å². The van der Waals surface area contributed by atoms with Gasteiger partial charge in [0, 0.05) is 25.3 Å². The van der Waals surface area contributed by atoms with Gasteiger partial charge in [0.05, 0.1) is 0 Å². The van der Waals surface area contributed by atoms with Crippen LogP contribution in [0.2, 0.25) is 11.6 Å². The molecule has 5 heteroatoms. The van der Waals surface area contributed by atoms with Crippen LogP contribution in [0.4, 0.5) is 0 Å². The first kappa shape index (κ1) is 15.4. The summed E-state index contributed by atoms with van der Waals surface area (Å²) in [6.45, 7) is 10.3. The Labute approximate surface area is 119 Å². The minimum absolute atomic E-state index is 0.194. The van der Waals surface area contributed by atoms with Crippen molar-refractivity contribution in [2.75, 3.05) is 20.8 Å². The molecule has 0 aromatic heterocycles. The van der Waals surface area contributed by atoms with E-state index in [4.69, 9.17) is 9.47 Å². The van der Waals surface area contributed by atoms with Crippen LogP contribution in [0.25, 0.3) is 0 Å². The highest BCUT2D eigenvalue weighted by molar-refractivity contribution is 6.64. The molecule has 0 spiro atoms. The Morgan fingerprint density at radius 3 is 2.00 bits per heavy atom. The first-order chi connectivity index (χ1) is 8.74. The highest BCUT2D eigenvalue weighted by atomic mass is 28.3. The van der Waals surface area contributed by atoms with Crippen molar-refractivity contribution in [2.24, 2.45) is 0 Å². The molecular formula is C14H29N2O2Si. The maximum Gasteiger partial charge on any atom is 0.202 e. The van der Waals surface area contributed by atoms with E-state index >= 15 is 0 Å². The normalized spacial score (nSPS) is 30.6. The lowest BCUT2D eigenvalue weighted by molar-refractivity contribution is -0.163. The van der Waals surface area contributed by atoms with E-state index in [9.17, 15) is 0 Å². The Balaban J connectivity index is 2.21. The lowest BCUT2D eigenvalue weighted by Crippen LogP contribution is -2.62. The van der Waals surface area contributed by atoms with Crippen LogP contribution in [0, 0.1) is 0 Å². The molecule has 2 aliphatic rings. The molecule has 0 saturated carbocycles. The average molecular weight is 285 g/mol. The molecule has 2 saturated heterocycles. The molecule has 0 amide bonds. The van der Waals surface area contributed by atoms with Crippen molar-refractivity contribution in [1.82, 2.24) is 10.6 Å². The van der Waals surface area contributed by atoms with Crippen molar-refractivity contribution >= 4 is 8.80 Å². The Bertz CT molecular complexity index is 313. The largest absolute Gasteiger partial charge is 0.345 e.